The zero-order valence-electron chi connectivity index (χ0n) is 11.5. The van der Waals surface area contributed by atoms with Crippen molar-refractivity contribution in [2.45, 2.75) is 50.9 Å². The molecular weight excluding hydrogens is 254 g/mol. The number of aromatic nitrogens is 3. The summed E-state index contributed by atoms with van der Waals surface area (Å²) >= 11 is 0. The minimum absolute atomic E-state index is 0.511. The minimum Gasteiger partial charge on any atom is -0.364 e. The van der Waals surface area contributed by atoms with Gasteiger partial charge < -0.3 is 9.05 Å². The van der Waals surface area contributed by atoms with Crippen LogP contribution in [0.15, 0.2) is 21.4 Å². The van der Waals surface area contributed by atoms with Gasteiger partial charge in [0.15, 0.2) is 5.82 Å². The Bertz CT molecular complexity index is 557. The third-order valence-electron chi connectivity index (χ3n) is 4.73. The van der Waals surface area contributed by atoms with Gasteiger partial charge in [-0.3, -0.25) is 0 Å². The first-order valence-corrected chi connectivity index (χ1v) is 7.62. The maximum Gasteiger partial charge on any atom is 0.230 e. The third-order valence-corrected chi connectivity index (χ3v) is 4.73. The average Bonchev–Trinajstić information content (AvgIpc) is 2.89. The summed E-state index contributed by atoms with van der Waals surface area (Å²) in [7, 11) is 0. The van der Waals surface area contributed by atoms with Gasteiger partial charge in [0.25, 0.3) is 0 Å². The van der Waals surface area contributed by atoms with E-state index in [1.165, 1.54) is 38.5 Å². The van der Waals surface area contributed by atoms with Crippen LogP contribution in [0.25, 0.3) is 0 Å². The fraction of sp³-hybridized carbons (Fsp3) is 0.667. The van der Waals surface area contributed by atoms with Gasteiger partial charge in [0.05, 0.1) is 12.1 Å². The lowest BCUT2D eigenvalue weighted by Crippen LogP contribution is -2.09. The fourth-order valence-electron chi connectivity index (χ4n) is 3.56. The normalized spacial score (nSPS) is 26.8. The van der Waals surface area contributed by atoms with Crippen LogP contribution in [-0.4, -0.2) is 15.3 Å². The molecule has 2 aromatic heterocycles. The molecule has 0 aliphatic heterocycles. The smallest absolute Gasteiger partial charge is 0.230 e. The Morgan fingerprint density at radius 2 is 2.05 bits per heavy atom. The maximum absolute atomic E-state index is 5.44. The van der Waals surface area contributed by atoms with Crippen molar-refractivity contribution in [3.8, 4) is 0 Å². The molecule has 106 valence electrons. The molecule has 5 nitrogen and oxygen atoms in total. The number of hydrogen-bond donors (Lipinski definition) is 0. The van der Waals surface area contributed by atoms with Crippen LogP contribution in [-0.2, 0) is 6.42 Å². The minimum atomic E-state index is 0.511. The maximum atomic E-state index is 5.44. The summed E-state index contributed by atoms with van der Waals surface area (Å²) in [5.74, 6) is 3.73. The van der Waals surface area contributed by atoms with Gasteiger partial charge in [-0.1, -0.05) is 42.4 Å². The predicted octanol–water partition coefficient (Wildman–Crippen LogP) is 3.33. The van der Waals surface area contributed by atoms with Crippen LogP contribution in [0.2, 0.25) is 0 Å². The van der Waals surface area contributed by atoms with Crippen LogP contribution in [0.4, 0.5) is 0 Å². The molecule has 2 aliphatic carbocycles. The van der Waals surface area contributed by atoms with E-state index in [1.807, 2.05) is 6.07 Å². The molecule has 0 radical (unpaired) electrons. The van der Waals surface area contributed by atoms with E-state index in [0.29, 0.717) is 18.2 Å². The quantitative estimate of drug-likeness (QED) is 0.854. The molecule has 0 spiro atoms. The average molecular weight is 273 g/mol. The summed E-state index contributed by atoms with van der Waals surface area (Å²) < 4.78 is 10.3. The Morgan fingerprint density at radius 3 is 2.85 bits per heavy atom. The van der Waals surface area contributed by atoms with E-state index in [1.54, 1.807) is 6.26 Å². The van der Waals surface area contributed by atoms with Crippen molar-refractivity contribution in [1.29, 1.82) is 0 Å². The second-order valence-electron chi connectivity index (χ2n) is 6.12. The molecule has 4 rings (SSSR count). The molecule has 0 bridgehead atoms. The van der Waals surface area contributed by atoms with Crippen LogP contribution in [0.5, 0.6) is 0 Å². The standard InChI is InChI=1S/C15H19N3O2/c1-2-4-10(5-3-1)12-9-13(12)15-16-14(18-20-15)8-11-6-7-19-17-11/h6-7,10,12-13H,1-5,8-9H2/t12-,13-/m0/s1. The predicted molar refractivity (Wildman–Crippen MR) is 71.0 cm³/mol. The van der Waals surface area contributed by atoms with Gasteiger partial charge in [0.1, 0.15) is 6.26 Å². The van der Waals surface area contributed by atoms with Gasteiger partial charge in [-0.15, -0.1) is 0 Å². The van der Waals surface area contributed by atoms with Crippen molar-refractivity contribution in [3.63, 3.8) is 0 Å². The molecule has 0 aromatic carbocycles. The second-order valence-corrected chi connectivity index (χ2v) is 6.12. The molecule has 20 heavy (non-hydrogen) atoms. The Hall–Kier alpha value is -1.65. The van der Waals surface area contributed by atoms with Crippen molar-refractivity contribution in [2.24, 2.45) is 11.8 Å². The van der Waals surface area contributed by atoms with E-state index in [0.717, 1.165) is 23.4 Å². The Balaban J connectivity index is 1.39. The number of nitrogens with zero attached hydrogens (tertiary/aromatic N) is 3. The Morgan fingerprint density at radius 1 is 1.15 bits per heavy atom. The third kappa shape index (κ3) is 2.37. The molecule has 5 heteroatoms. The van der Waals surface area contributed by atoms with Crippen molar-refractivity contribution in [1.82, 2.24) is 15.3 Å². The first kappa shape index (κ1) is 12.1. The van der Waals surface area contributed by atoms with E-state index >= 15 is 0 Å². The molecule has 2 heterocycles. The molecule has 0 amide bonds. The fourth-order valence-corrected chi connectivity index (χ4v) is 3.56. The van der Waals surface area contributed by atoms with Crippen LogP contribution in [0, 0.1) is 11.8 Å². The number of hydrogen-bond acceptors (Lipinski definition) is 5. The van der Waals surface area contributed by atoms with Crippen molar-refractivity contribution in [2.75, 3.05) is 0 Å². The highest BCUT2D eigenvalue weighted by Gasteiger charge is 2.47. The monoisotopic (exact) mass is 273 g/mol. The van der Waals surface area contributed by atoms with E-state index < -0.39 is 0 Å². The summed E-state index contributed by atoms with van der Waals surface area (Å²) in [4.78, 5) is 4.53. The van der Waals surface area contributed by atoms with E-state index in [4.69, 9.17) is 9.05 Å². The Kier molecular flexibility index (Phi) is 3.05. The van der Waals surface area contributed by atoms with E-state index in [9.17, 15) is 0 Å². The van der Waals surface area contributed by atoms with Gasteiger partial charge in [-0.25, -0.2) is 0 Å². The van der Waals surface area contributed by atoms with Gasteiger partial charge in [-0.05, 0) is 18.3 Å². The van der Waals surface area contributed by atoms with Gasteiger partial charge >= 0.3 is 0 Å². The van der Waals surface area contributed by atoms with Crippen LogP contribution < -0.4 is 0 Å². The molecule has 2 saturated carbocycles. The molecule has 0 saturated heterocycles. The summed E-state index contributed by atoms with van der Waals surface area (Å²) in [6.45, 7) is 0. The molecule has 2 aromatic rings. The summed E-state index contributed by atoms with van der Waals surface area (Å²) in [6, 6.07) is 1.83. The summed E-state index contributed by atoms with van der Waals surface area (Å²) in [5, 5.41) is 7.94. The van der Waals surface area contributed by atoms with Gasteiger partial charge in [0.2, 0.25) is 5.89 Å². The van der Waals surface area contributed by atoms with Crippen LogP contribution in [0.3, 0.4) is 0 Å². The summed E-state index contributed by atoms with van der Waals surface area (Å²) in [6.07, 6.45) is 10.4. The molecule has 2 fully saturated rings. The second kappa shape index (κ2) is 5.04. The molecule has 2 atom stereocenters. The zero-order chi connectivity index (χ0) is 13.4. The first-order chi connectivity index (χ1) is 9.90. The number of rotatable bonds is 4. The van der Waals surface area contributed by atoms with Crippen LogP contribution in [0.1, 0.15) is 61.9 Å². The van der Waals surface area contributed by atoms with Crippen LogP contribution >= 0.6 is 0 Å². The molecule has 0 N–H and O–H groups in total. The highest BCUT2D eigenvalue weighted by molar-refractivity contribution is 5.11. The van der Waals surface area contributed by atoms with E-state index in [-0.39, 0.29) is 0 Å². The Labute approximate surface area is 117 Å². The van der Waals surface area contributed by atoms with Crippen molar-refractivity contribution >= 4 is 0 Å². The highest BCUT2D eigenvalue weighted by atomic mass is 16.5. The summed E-state index contributed by atoms with van der Waals surface area (Å²) in [5.41, 5.74) is 0.844. The SMILES string of the molecule is c1cc(Cc2noc([C@H]3C[C@H]3C3CCCCC3)n2)no1. The first-order valence-electron chi connectivity index (χ1n) is 7.62. The van der Waals surface area contributed by atoms with E-state index in [2.05, 4.69) is 15.3 Å². The van der Waals surface area contributed by atoms with Crippen molar-refractivity contribution < 1.29 is 9.05 Å². The lowest BCUT2D eigenvalue weighted by molar-refractivity contribution is 0.305. The lowest BCUT2D eigenvalue weighted by Gasteiger charge is -2.21. The molecule has 0 unspecified atom stereocenters. The highest BCUT2D eigenvalue weighted by Crippen LogP contribution is 2.54. The zero-order valence-corrected chi connectivity index (χ0v) is 11.5. The van der Waals surface area contributed by atoms with Crippen molar-refractivity contribution in [3.05, 3.63) is 29.7 Å². The van der Waals surface area contributed by atoms with Gasteiger partial charge in [-0.2, -0.15) is 4.98 Å². The van der Waals surface area contributed by atoms with Gasteiger partial charge in [0, 0.05) is 12.0 Å². The molecular formula is C15H19N3O2. The largest absolute Gasteiger partial charge is 0.364 e. The molecule has 2 aliphatic rings. The topological polar surface area (TPSA) is 65.0 Å². The lowest BCUT2D eigenvalue weighted by atomic mass is 9.85.